The Labute approximate surface area is 195 Å². The Morgan fingerprint density at radius 3 is 2.82 bits per heavy atom. The fourth-order valence-electron chi connectivity index (χ4n) is 4.26. The highest BCUT2D eigenvalue weighted by Gasteiger charge is 2.26. The number of piperidine rings is 1. The van der Waals surface area contributed by atoms with E-state index in [2.05, 4.69) is 39.2 Å². The van der Waals surface area contributed by atoms with Gasteiger partial charge in [-0.1, -0.05) is 35.9 Å². The highest BCUT2D eigenvalue weighted by Crippen LogP contribution is 2.32. The van der Waals surface area contributed by atoms with Crippen molar-refractivity contribution in [1.82, 2.24) is 20.3 Å². The van der Waals surface area contributed by atoms with Gasteiger partial charge in [0.2, 0.25) is 11.9 Å². The Morgan fingerprint density at radius 2 is 2.06 bits per heavy atom. The summed E-state index contributed by atoms with van der Waals surface area (Å²) in [6, 6.07) is 13.9. The van der Waals surface area contributed by atoms with Crippen LogP contribution in [0, 0.1) is 12.8 Å². The largest absolute Gasteiger partial charge is 0.350 e. The summed E-state index contributed by atoms with van der Waals surface area (Å²) in [4.78, 5) is 39.5. The van der Waals surface area contributed by atoms with E-state index < -0.39 is 0 Å². The molecule has 0 aliphatic carbocycles. The van der Waals surface area contributed by atoms with Crippen LogP contribution < -0.4 is 15.8 Å². The molecule has 0 unspecified atom stereocenters. The molecule has 0 atom stereocenters. The molecule has 4 heterocycles. The zero-order chi connectivity index (χ0) is 22.8. The topological polar surface area (TPSA) is 91.0 Å². The van der Waals surface area contributed by atoms with Gasteiger partial charge < -0.3 is 10.2 Å². The monoisotopic (exact) mass is 459 g/mol. The van der Waals surface area contributed by atoms with Crippen LogP contribution in [0.5, 0.6) is 0 Å². The van der Waals surface area contributed by atoms with Gasteiger partial charge in [-0.2, -0.15) is 0 Å². The molecule has 5 rings (SSSR count). The molecule has 1 aromatic carbocycles. The standard InChI is InChI=1S/C25H25N5O2S/c1-16-5-4-6-18(13-16)20-15-33-22-21(20)28-25(29-24(22)32)30-11-8-17(9-12-30)23(31)27-14-19-7-2-3-10-26-19/h2-7,10,13,15,17H,8-9,11-12,14H2,1H3,(H,27,31)(H,28,29,32). The third kappa shape index (κ3) is 4.52. The van der Waals surface area contributed by atoms with Gasteiger partial charge in [-0.25, -0.2) is 4.98 Å². The lowest BCUT2D eigenvalue weighted by molar-refractivity contribution is -0.125. The number of carbonyl (C=O) groups is 1. The number of rotatable bonds is 5. The van der Waals surface area contributed by atoms with Crippen molar-refractivity contribution in [2.45, 2.75) is 26.3 Å². The van der Waals surface area contributed by atoms with Gasteiger partial charge in [-0.3, -0.25) is 19.6 Å². The lowest BCUT2D eigenvalue weighted by atomic mass is 9.96. The van der Waals surface area contributed by atoms with Gasteiger partial charge in [0.05, 0.1) is 17.8 Å². The molecule has 1 aliphatic rings. The van der Waals surface area contributed by atoms with Crippen LogP contribution in [0.3, 0.4) is 0 Å². The first-order valence-corrected chi connectivity index (χ1v) is 12.0. The van der Waals surface area contributed by atoms with Gasteiger partial charge in [0.15, 0.2) is 0 Å². The van der Waals surface area contributed by atoms with Gasteiger partial charge in [-0.05, 0) is 37.5 Å². The summed E-state index contributed by atoms with van der Waals surface area (Å²) in [6.07, 6.45) is 3.15. The van der Waals surface area contributed by atoms with E-state index in [1.807, 2.05) is 35.7 Å². The number of pyridine rings is 1. The highest BCUT2D eigenvalue weighted by molar-refractivity contribution is 7.17. The summed E-state index contributed by atoms with van der Waals surface area (Å²) in [5.74, 6) is 0.577. The molecule has 7 nitrogen and oxygen atoms in total. The number of aryl methyl sites for hydroxylation is 1. The first-order valence-electron chi connectivity index (χ1n) is 11.1. The molecule has 1 aliphatic heterocycles. The number of aromatic amines is 1. The Hall–Kier alpha value is -3.52. The van der Waals surface area contributed by atoms with Crippen molar-refractivity contribution in [1.29, 1.82) is 0 Å². The zero-order valence-corrected chi connectivity index (χ0v) is 19.2. The normalized spacial score (nSPS) is 14.5. The maximum atomic E-state index is 12.8. The molecule has 0 spiro atoms. The van der Waals surface area contributed by atoms with Crippen molar-refractivity contribution in [2.24, 2.45) is 5.92 Å². The van der Waals surface area contributed by atoms with Crippen molar-refractivity contribution in [2.75, 3.05) is 18.0 Å². The van der Waals surface area contributed by atoms with E-state index in [9.17, 15) is 9.59 Å². The molecule has 2 N–H and O–H groups in total. The number of thiophene rings is 1. The number of H-pyrrole nitrogens is 1. The average Bonchev–Trinajstić information content (AvgIpc) is 3.28. The molecule has 0 saturated carbocycles. The maximum Gasteiger partial charge on any atom is 0.270 e. The van der Waals surface area contributed by atoms with Crippen LogP contribution in [0.25, 0.3) is 21.3 Å². The van der Waals surface area contributed by atoms with Crippen molar-refractivity contribution in [3.63, 3.8) is 0 Å². The number of nitrogens with zero attached hydrogens (tertiary/aromatic N) is 3. The Kier molecular flexibility index (Phi) is 5.92. The fourth-order valence-corrected chi connectivity index (χ4v) is 5.17. The molecule has 4 aromatic rings. The number of fused-ring (bicyclic) bond motifs is 1. The van der Waals surface area contributed by atoms with E-state index in [4.69, 9.17) is 4.98 Å². The average molecular weight is 460 g/mol. The highest BCUT2D eigenvalue weighted by atomic mass is 32.1. The second-order valence-electron chi connectivity index (χ2n) is 8.39. The van der Waals surface area contributed by atoms with Crippen molar-refractivity contribution in [3.8, 4) is 11.1 Å². The van der Waals surface area contributed by atoms with Crippen LogP contribution in [-0.4, -0.2) is 33.9 Å². The van der Waals surface area contributed by atoms with Crippen molar-refractivity contribution in [3.05, 3.63) is 75.7 Å². The number of aromatic nitrogens is 3. The minimum atomic E-state index is -0.117. The summed E-state index contributed by atoms with van der Waals surface area (Å²) < 4.78 is 0.638. The third-order valence-corrected chi connectivity index (χ3v) is 7.05. The fraction of sp³-hybridized carbons (Fsp3) is 0.280. The molecule has 1 fully saturated rings. The molecule has 1 amide bonds. The molecule has 168 valence electrons. The molecular formula is C25H25N5O2S. The molecule has 1 saturated heterocycles. The summed E-state index contributed by atoms with van der Waals surface area (Å²) >= 11 is 1.42. The number of anilines is 1. The first kappa shape index (κ1) is 21.3. The zero-order valence-electron chi connectivity index (χ0n) is 18.4. The molecule has 0 bridgehead atoms. The summed E-state index contributed by atoms with van der Waals surface area (Å²) in [7, 11) is 0. The van der Waals surface area contributed by atoms with Gasteiger partial charge in [0.25, 0.3) is 5.56 Å². The molecule has 8 heteroatoms. The lowest BCUT2D eigenvalue weighted by Gasteiger charge is -2.31. The van der Waals surface area contributed by atoms with Gasteiger partial charge in [-0.15, -0.1) is 11.3 Å². The second kappa shape index (κ2) is 9.15. The summed E-state index contributed by atoms with van der Waals surface area (Å²) in [6.45, 7) is 3.83. The summed E-state index contributed by atoms with van der Waals surface area (Å²) in [5, 5.41) is 4.99. The Balaban J connectivity index is 1.30. The van der Waals surface area contributed by atoms with Crippen LogP contribution in [0.1, 0.15) is 24.1 Å². The van der Waals surface area contributed by atoms with E-state index in [1.54, 1.807) is 6.20 Å². The number of nitrogens with one attached hydrogen (secondary N) is 2. The quantitative estimate of drug-likeness (QED) is 0.473. The molecule has 0 radical (unpaired) electrons. The van der Waals surface area contributed by atoms with Gasteiger partial charge in [0.1, 0.15) is 4.70 Å². The van der Waals surface area contributed by atoms with Crippen LogP contribution in [0.4, 0.5) is 5.95 Å². The van der Waals surface area contributed by atoms with E-state index >= 15 is 0 Å². The molecular weight excluding hydrogens is 434 g/mol. The van der Waals surface area contributed by atoms with Crippen LogP contribution in [0.15, 0.2) is 58.8 Å². The van der Waals surface area contributed by atoms with E-state index in [1.165, 1.54) is 16.9 Å². The lowest BCUT2D eigenvalue weighted by Crippen LogP contribution is -2.41. The van der Waals surface area contributed by atoms with E-state index in [0.29, 0.717) is 43.1 Å². The minimum absolute atomic E-state index is 0.0515. The third-order valence-electron chi connectivity index (χ3n) is 6.08. The smallest absolute Gasteiger partial charge is 0.270 e. The van der Waals surface area contributed by atoms with Crippen LogP contribution in [0.2, 0.25) is 0 Å². The van der Waals surface area contributed by atoms with Crippen molar-refractivity contribution < 1.29 is 4.79 Å². The van der Waals surface area contributed by atoms with Gasteiger partial charge in [0, 0.05) is 36.1 Å². The number of benzene rings is 1. The Morgan fingerprint density at radius 1 is 1.21 bits per heavy atom. The van der Waals surface area contributed by atoms with Crippen LogP contribution in [-0.2, 0) is 11.3 Å². The summed E-state index contributed by atoms with van der Waals surface area (Å²) in [5.41, 5.74) is 4.68. The predicted molar refractivity (Wildman–Crippen MR) is 131 cm³/mol. The van der Waals surface area contributed by atoms with Gasteiger partial charge >= 0.3 is 0 Å². The van der Waals surface area contributed by atoms with Crippen molar-refractivity contribution >= 4 is 33.4 Å². The number of hydrogen-bond donors (Lipinski definition) is 2. The second-order valence-corrected chi connectivity index (χ2v) is 9.27. The van der Waals surface area contributed by atoms with Crippen LogP contribution >= 0.6 is 11.3 Å². The predicted octanol–water partition coefficient (Wildman–Crippen LogP) is 3.89. The maximum absolute atomic E-state index is 12.8. The SMILES string of the molecule is Cc1cccc(-c2csc3c(=O)[nH]c(N4CCC(C(=O)NCc5ccccn5)CC4)nc23)c1. The number of hydrogen-bond acceptors (Lipinski definition) is 6. The Bertz CT molecular complexity index is 1340. The number of amides is 1. The molecule has 3 aromatic heterocycles. The first-order chi connectivity index (χ1) is 16.1. The van der Waals surface area contributed by atoms with E-state index in [0.717, 1.165) is 22.3 Å². The minimum Gasteiger partial charge on any atom is -0.350 e. The molecule has 33 heavy (non-hydrogen) atoms. The number of carbonyl (C=O) groups excluding carboxylic acids is 1. The van der Waals surface area contributed by atoms with E-state index in [-0.39, 0.29) is 17.4 Å².